The van der Waals surface area contributed by atoms with E-state index in [9.17, 15) is 14.7 Å². The highest BCUT2D eigenvalue weighted by Gasteiger charge is 2.30. The molecular weight excluding hydrogens is 330 g/mol. The number of H-pyrrole nitrogens is 1. The summed E-state index contributed by atoms with van der Waals surface area (Å²) in [6, 6.07) is 5.33. The second-order valence-corrected chi connectivity index (χ2v) is 6.99. The van der Waals surface area contributed by atoms with Crippen LogP contribution in [0.25, 0.3) is 10.9 Å². The molecule has 1 aliphatic carbocycles. The number of carboxylic acid groups (broad SMARTS) is 1. The molecule has 140 valence electrons. The average molecular weight is 358 g/mol. The Morgan fingerprint density at radius 1 is 1.31 bits per heavy atom. The zero-order valence-corrected chi connectivity index (χ0v) is 15.5. The third kappa shape index (κ3) is 3.46. The Morgan fingerprint density at radius 2 is 2.08 bits per heavy atom. The summed E-state index contributed by atoms with van der Waals surface area (Å²) in [4.78, 5) is 29.0. The summed E-state index contributed by atoms with van der Waals surface area (Å²) < 4.78 is 0. The third-order valence-corrected chi connectivity index (χ3v) is 5.57. The number of aromatic carboxylic acids is 1. The minimum atomic E-state index is -0.947. The maximum atomic E-state index is 12.8. The van der Waals surface area contributed by atoms with E-state index in [1.807, 2.05) is 6.07 Å². The van der Waals surface area contributed by atoms with Gasteiger partial charge in [-0.1, -0.05) is 12.1 Å². The number of hydrogen-bond donors (Lipinski definition) is 4. The number of hydrogen-bond acceptors (Lipinski definition) is 2. The monoisotopic (exact) mass is 358 g/mol. The van der Waals surface area contributed by atoms with Crippen LogP contribution in [0.4, 0.5) is 0 Å². The second kappa shape index (κ2) is 7.91. The second-order valence-electron chi connectivity index (χ2n) is 6.99. The van der Waals surface area contributed by atoms with Gasteiger partial charge in [0.1, 0.15) is 0 Å². The van der Waals surface area contributed by atoms with Crippen molar-refractivity contribution in [3.63, 3.8) is 0 Å². The van der Waals surface area contributed by atoms with E-state index in [2.05, 4.69) is 24.1 Å². The number of rotatable bonds is 7. The number of carbonyl (C=O) groups excluding carboxylic acids is 1. The number of quaternary nitrogens is 1. The van der Waals surface area contributed by atoms with Gasteiger partial charge in [-0.2, -0.15) is 0 Å². The molecule has 4 N–H and O–H groups in total. The van der Waals surface area contributed by atoms with Crippen molar-refractivity contribution in [2.24, 2.45) is 0 Å². The Morgan fingerprint density at radius 3 is 2.77 bits per heavy atom. The van der Waals surface area contributed by atoms with E-state index < -0.39 is 5.97 Å². The van der Waals surface area contributed by atoms with Crippen molar-refractivity contribution in [2.75, 3.05) is 26.2 Å². The maximum absolute atomic E-state index is 12.8. The highest BCUT2D eigenvalue weighted by molar-refractivity contribution is 6.04. The number of carbonyl (C=O) groups is 2. The molecule has 6 heteroatoms. The van der Waals surface area contributed by atoms with Crippen LogP contribution in [0.1, 0.15) is 54.2 Å². The molecular formula is C20H28N3O3+. The first kappa shape index (κ1) is 18.5. The lowest BCUT2D eigenvalue weighted by atomic mass is 9.86. The molecule has 0 fully saturated rings. The zero-order chi connectivity index (χ0) is 18.7. The van der Waals surface area contributed by atoms with Crippen LogP contribution < -0.4 is 10.2 Å². The number of fused-ring (bicyclic) bond motifs is 3. The van der Waals surface area contributed by atoms with Crippen molar-refractivity contribution in [1.29, 1.82) is 0 Å². The number of carboxylic acids is 1. The summed E-state index contributed by atoms with van der Waals surface area (Å²) in [5, 5.41) is 13.4. The van der Waals surface area contributed by atoms with E-state index >= 15 is 0 Å². The van der Waals surface area contributed by atoms with Crippen LogP contribution in [0.3, 0.4) is 0 Å². The molecule has 0 saturated heterocycles. The number of aromatic amines is 1. The van der Waals surface area contributed by atoms with E-state index in [0.717, 1.165) is 55.5 Å². The zero-order valence-electron chi connectivity index (χ0n) is 15.5. The lowest BCUT2D eigenvalue weighted by Crippen LogP contribution is -3.12. The number of nitrogens with one attached hydrogen (secondary N) is 3. The van der Waals surface area contributed by atoms with Crippen molar-refractivity contribution in [3.8, 4) is 0 Å². The van der Waals surface area contributed by atoms with Crippen LogP contribution in [0.5, 0.6) is 0 Å². The van der Waals surface area contributed by atoms with Crippen LogP contribution >= 0.6 is 0 Å². The number of amides is 1. The van der Waals surface area contributed by atoms with Gasteiger partial charge in [0, 0.05) is 11.1 Å². The molecule has 1 amide bonds. The summed E-state index contributed by atoms with van der Waals surface area (Å²) in [5.41, 5.74) is 2.90. The van der Waals surface area contributed by atoms with Gasteiger partial charge in [-0.25, -0.2) is 4.79 Å². The normalized spacial score (nSPS) is 16.7. The average Bonchev–Trinajstić information content (AvgIpc) is 3.03. The summed E-state index contributed by atoms with van der Waals surface area (Å²) in [5.74, 6) is -1.13. The molecule has 1 atom stereocenters. The summed E-state index contributed by atoms with van der Waals surface area (Å²) in [7, 11) is 0. The largest absolute Gasteiger partial charge is 0.478 e. The topological polar surface area (TPSA) is 86.6 Å². The van der Waals surface area contributed by atoms with E-state index in [0.29, 0.717) is 12.1 Å². The number of benzene rings is 1. The minimum Gasteiger partial charge on any atom is -0.478 e. The molecule has 1 aromatic carbocycles. The lowest BCUT2D eigenvalue weighted by Gasteiger charge is -2.22. The fourth-order valence-electron chi connectivity index (χ4n) is 4.02. The van der Waals surface area contributed by atoms with Crippen molar-refractivity contribution in [3.05, 3.63) is 35.0 Å². The van der Waals surface area contributed by atoms with Gasteiger partial charge in [0.2, 0.25) is 5.91 Å². The predicted octanol–water partition coefficient (Wildman–Crippen LogP) is 1.33. The summed E-state index contributed by atoms with van der Waals surface area (Å²) in [6.07, 6.45) is 2.62. The van der Waals surface area contributed by atoms with Crippen molar-refractivity contribution in [1.82, 2.24) is 10.3 Å². The summed E-state index contributed by atoms with van der Waals surface area (Å²) >= 11 is 0. The van der Waals surface area contributed by atoms with Gasteiger partial charge >= 0.3 is 5.97 Å². The third-order valence-electron chi connectivity index (χ3n) is 5.57. The number of aromatic nitrogens is 1. The Kier molecular flexibility index (Phi) is 5.61. The van der Waals surface area contributed by atoms with Gasteiger partial charge in [-0.05, 0) is 44.7 Å². The van der Waals surface area contributed by atoms with Gasteiger partial charge in [0.05, 0.1) is 43.2 Å². The number of aryl methyl sites for hydroxylation is 1. The van der Waals surface area contributed by atoms with Crippen LogP contribution in [0, 0.1) is 0 Å². The lowest BCUT2D eigenvalue weighted by molar-refractivity contribution is -0.895. The van der Waals surface area contributed by atoms with E-state index in [-0.39, 0.29) is 17.4 Å². The smallest absolute Gasteiger partial charge is 0.337 e. The quantitative estimate of drug-likeness (QED) is 0.602. The first-order chi connectivity index (χ1) is 12.6. The fraction of sp³-hybridized carbons (Fsp3) is 0.500. The Labute approximate surface area is 153 Å². The first-order valence-corrected chi connectivity index (χ1v) is 9.54. The molecule has 6 nitrogen and oxygen atoms in total. The molecule has 1 unspecified atom stereocenters. The van der Waals surface area contributed by atoms with Crippen molar-refractivity contribution in [2.45, 2.75) is 39.0 Å². The van der Waals surface area contributed by atoms with Crippen molar-refractivity contribution >= 4 is 22.8 Å². The highest BCUT2D eigenvalue weighted by atomic mass is 16.4. The highest BCUT2D eigenvalue weighted by Crippen LogP contribution is 2.37. The molecule has 0 saturated carbocycles. The minimum absolute atomic E-state index is 0.0425. The van der Waals surface area contributed by atoms with Crippen LogP contribution in [-0.2, 0) is 11.2 Å². The molecule has 2 aromatic rings. The first-order valence-electron chi connectivity index (χ1n) is 9.54. The van der Waals surface area contributed by atoms with E-state index in [1.54, 1.807) is 12.1 Å². The Bertz CT molecular complexity index is 808. The molecule has 3 rings (SSSR count). The molecule has 26 heavy (non-hydrogen) atoms. The molecule has 1 aromatic heterocycles. The molecule has 0 radical (unpaired) electrons. The Balaban J connectivity index is 1.82. The molecule has 1 heterocycles. The van der Waals surface area contributed by atoms with E-state index in [4.69, 9.17) is 0 Å². The van der Waals surface area contributed by atoms with Crippen LogP contribution in [0.2, 0.25) is 0 Å². The fourth-order valence-corrected chi connectivity index (χ4v) is 4.02. The summed E-state index contributed by atoms with van der Waals surface area (Å²) in [6.45, 7) is 8.01. The van der Waals surface area contributed by atoms with E-state index in [1.165, 1.54) is 4.90 Å². The van der Waals surface area contributed by atoms with Gasteiger partial charge < -0.3 is 20.3 Å². The molecule has 0 aliphatic heterocycles. The number of likely N-dealkylation sites (N-methyl/N-ethyl adjacent to an activating group) is 1. The maximum Gasteiger partial charge on any atom is 0.337 e. The molecule has 0 spiro atoms. The van der Waals surface area contributed by atoms with Crippen molar-refractivity contribution < 1.29 is 19.6 Å². The molecule has 0 bridgehead atoms. The van der Waals surface area contributed by atoms with Gasteiger partial charge in [-0.3, -0.25) is 4.79 Å². The van der Waals surface area contributed by atoms with Crippen LogP contribution in [0.15, 0.2) is 18.2 Å². The van der Waals surface area contributed by atoms with Crippen LogP contribution in [-0.4, -0.2) is 48.1 Å². The SMILES string of the molecule is CC[NH+](CC)CCNC(=O)C1CCCc2c1[nH]c1c(C(=O)O)cccc21. The number of para-hydroxylation sites is 1. The Hall–Kier alpha value is -2.34. The molecule has 1 aliphatic rings. The predicted molar refractivity (Wildman–Crippen MR) is 101 cm³/mol. The standard InChI is InChI=1S/C20H27N3O3/c1-3-23(4-2)12-11-21-19(24)15-9-5-7-13-14-8-6-10-16(20(25)26)18(14)22-17(13)15/h6,8,10,15,22H,3-5,7,9,11-12H2,1-2H3,(H,21,24)(H,25,26)/p+1. The van der Waals surface area contributed by atoms with Gasteiger partial charge in [-0.15, -0.1) is 0 Å². The van der Waals surface area contributed by atoms with Gasteiger partial charge in [0.15, 0.2) is 0 Å². The van der Waals surface area contributed by atoms with Gasteiger partial charge in [0.25, 0.3) is 0 Å².